The van der Waals surface area contributed by atoms with E-state index in [4.69, 9.17) is 0 Å². The molecule has 0 saturated heterocycles. The quantitative estimate of drug-likeness (QED) is 0.523. The van der Waals surface area contributed by atoms with E-state index in [1.807, 2.05) is 36.4 Å². The molecule has 4 rings (SSSR count). The van der Waals surface area contributed by atoms with Crippen molar-refractivity contribution in [1.29, 1.82) is 0 Å². The van der Waals surface area contributed by atoms with Crippen molar-refractivity contribution in [3.63, 3.8) is 0 Å². The number of phenolic OH excluding ortho intramolecular Hbond substituents is 1. The maximum Gasteiger partial charge on any atom is 0.194 e. The lowest BCUT2D eigenvalue weighted by molar-refractivity contribution is 0.103. The fourth-order valence-corrected chi connectivity index (χ4v) is 3.03. The molecule has 0 heterocycles. The summed E-state index contributed by atoms with van der Waals surface area (Å²) >= 11 is 0. The summed E-state index contributed by atoms with van der Waals surface area (Å²) in [5, 5.41) is 12.0. The van der Waals surface area contributed by atoms with Gasteiger partial charge in [0, 0.05) is 23.1 Å². The van der Waals surface area contributed by atoms with E-state index in [9.17, 15) is 9.90 Å². The Balaban J connectivity index is 2.06. The second-order valence-corrected chi connectivity index (χ2v) is 5.13. The van der Waals surface area contributed by atoms with E-state index in [1.165, 1.54) is 0 Å². The Kier molecular flexibility index (Phi) is 2.21. The molecule has 0 aliphatic heterocycles. The number of hydrogen-bond acceptors (Lipinski definition) is 2. The van der Waals surface area contributed by atoms with Crippen LogP contribution in [0.3, 0.4) is 0 Å². The van der Waals surface area contributed by atoms with Gasteiger partial charge >= 0.3 is 0 Å². The Labute approximate surface area is 116 Å². The van der Waals surface area contributed by atoms with Crippen LogP contribution in [-0.2, 0) is 6.42 Å². The maximum atomic E-state index is 12.8. The molecule has 20 heavy (non-hydrogen) atoms. The van der Waals surface area contributed by atoms with Gasteiger partial charge in [0.15, 0.2) is 5.78 Å². The third-order valence-electron chi connectivity index (χ3n) is 4.01. The van der Waals surface area contributed by atoms with Gasteiger partial charge in [-0.2, -0.15) is 0 Å². The first-order valence-electron chi connectivity index (χ1n) is 6.62. The molecule has 0 bridgehead atoms. The van der Waals surface area contributed by atoms with Crippen LogP contribution in [0, 0.1) is 0 Å². The molecular weight excluding hydrogens is 248 g/mol. The molecule has 3 aromatic rings. The molecule has 0 atom stereocenters. The number of benzene rings is 3. The highest BCUT2D eigenvalue weighted by atomic mass is 16.3. The SMILES string of the molecule is O=C1c2cccc(O)c2Cc2ccc3ccccc3c21. The number of hydrogen-bond donors (Lipinski definition) is 1. The molecule has 0 saturated carbocycles. The summed E-state index contributed by atoms with van der Waals surface area (Å²) in [5.41, 5.74) is 3.12. The van der Waals surface area contributed by atoms with Gasteiger partial charge in [0.05, 0.1) is 0 Å². The normalized spacial score (nSPS) is 13.1. The van der Waals surface area contributed by atoms with Crippen molar-refractivity contribution in [2.75, 3.05) is 0 Å². The largest absolute Gasteiger partial charge is 0.508 e. The Bertz CT molecular complexity index is 862. The minimum absolute atomic E-state index is 0.00829. The Hall–Kier alpha value is -2.61. The van der Waals surface area contributed by atoms with Crippen molar-refractivity contribution in [2.45, 2.75) is 6.42 Å². The highest BCUT2D eigenvalue weighted by Crippen LogP contribution is 2.35. The molecule has 0 spiro atoms. The average Bonchev–Trinajstić information content (AvgIpc) is 2.48. The lowest BCUT2D eigenvalue weighted by atomic mass is 9.82. The zero-order valence-electron chi connectivity index (χ0n) is 10.8. The minimum atomic E-state index is 0.00829. The number of aromatic hydroxyl groups is 1. The third-order valence-corrected chi connectivity index (χ3v) is 4.01. The summed E-state index contributed by atoms with van der Waals surface area (Å²) in [4.78, 5) is 12.8. The van der Waals surface area contributed by atoms with Gasteiger partial charge in [0.25, 0.3) is 0 Å². The topological polar surface area (TPSA) is 37.3 Å². The zero-order valence-corrected chi connectivity index (χ0v) is 10.8. The van der Waals surface area contributed by atoms with Crippen LogP contribution >= 0.6 is 0 Å². The summed E-state index contributed by atoms with van der Waals surface area (Å²) in [6, 6.07) is 17.1. The van der Waals surface area contributed by atoms with Crippen molar-refractivity contribution >= 4 is 16.6 Å². The van der Waals surface area contributed by atoms with E-state index in [-0.39, 0.29) is 11.5 Å². The van der Waals surface area contributed by atoms with Crippen molar-refractivity contribution < 1.29 is 9.90 Å². The number of rotatable bonds is 0. The van der Waals surface area contributed by atoms with Crippen molar-refractivity contribution in [3.8, 4) is 5.75 Å². The predicted molar refractivity (Wildman–Crippen MR) is 78.3 cm³/mol. The molecule has 0 fully saturated rings. The zero-order chi connectivity index (χ0) is 13.7. The summed E-state index contributed by atoms with van der Waals surface area (Å²) in [6.45, 7) is 0. The number of ketones is 1. The highest BCUT2D eigenvalue weighted by molar-refractivity contribution is 6.19. The molecule has 0 radical (unpaired) electrons. The smallest absolute Gasteiger partial charge is 0.194 e. The summed E-state index contributed by atoms with van der Waals surface area (Å²) < 4.78 is 0. The molecule has 2 heteroatoms. The van der Waals surface area contributed by atoms with E-state index < -0.39 is 0 Å². The molecule has 0 amide bonds. The standard InChI is InChI=1S/C18H12O2/c19-16-7-3-6-14-15(16)10-12-9-8-11-4-1-2-5-13(11)17(12)18(14)20/h1-9,19H,10H2. The third kappa shape index (κ3) is 1.42. The molecule has 1 N–H and O–H groups in total. The second-order valence-electron chi connectivity index (χ2n) is 5.13. The number of fused-ring (bicyclic) bond motifs is 4. The van der Waals surface area contributed by atoms with Gasteiger partial charge < -0.3 is 5.11 Å². The lowest BCUT2D eigenvalue weighted by Gasteiger charge is -2.20. The molecule has 2 nitrogen and oxygen atoms in total. The van der Waals surface area contributed by atoms with Gasteiger partial charge in [-0.3, -0.25) is 4.79 Å². The lowest BCUT2D eigenvalue weighted by Crippen LogP contribution is -2.15. The van der Waals surface area contributed by atoms with Gasteiger partial charge in [0.2, 0.25) is 0 Å². The van der Waals surface area contributed by atoms with Gasteiger partial charge in [-0.1, -0.05) is 48.5 Å². The van der Waals surface area contributed by atoms with E-state index in [2.05, 4.69) is 0 Å². The molecule has 0 unspecified atom stereocenters. The van der Waals surface area contributed by atoms with Crippen LogP contribution in [0.1, 0.15) is 27.0 Å². The molecule has 3 aromatic carbocycles. The Morgan fingerprint density at radius 2 is 1.75 bits per heavy atom. The van der Waals surface area contributed by atoms with E-state index >= 15 is 0 Å². The molecular formula is C18H12O2. The summed E-state index contributed by atoms with van der Waals surface area (Å²) in [7, 11) is 0. The van der Waals surface area contributed by atoms with Crippen LogP contribution in [0.2, 0.25) is 0 Å². The average molecular weight is 260 g/mol. The molecule has 96 valence electrons. The van der Waals surface area contributed by atoms with Crippen molar-refractivity contribution in [2.24, 2.45) is 0 Å². The number of carbonyl (C=O) groups is 1. The molecule has 0 aromatic heterocycles. The van der Waals surface area contributed by atoms with Crippen LogP contribution in [0.25, 0.3) is 10.8 Å². The number of phenols is 1. The highest BCUT2D eigenvalue weighted by Gasteiger charge is 2.26. The van der Waals surface area contributed by atoms with Gasteiger partial charge in [0.1, 0.15) is 5.75 Å². The molecule has 1 aliphatic rings. The monoisotopic (exact) mass is 260 g/mol. The first-order chi connectivity index (χ1) is 9.75. The van der Waals surface area contributed by atoms with Gasteiger partial charge in [-0.05, 0) is 22.4 Å². The predicted octanol–water partition coefficient (Wildman–Crippen LogP) is 3.68. The van der Waals surface area contributed by atoms with Crippen molar-refractivity contribution in [3.05, 3.63) is 76.9 Å². The Morgan fingerprint density at radius 1 is 0.900 bits per heavy atom. The van der Waals surface area contributed by atoms with Crippen LogP contribution < -0.4 is 0 Å². The van der Waals surface area contributed by atoms with Crippen LogP contribution in [0.15, 0.2) is 54.6 Å². The maximum absolute atomic E-state index is 12.8. The fourth-order valence-electron chi connectivity index (χ4n) is 3.03. The summed E-state index contributed by atoms with van der Waals surface area (Å²) in [6.07, 6.45) is 0.605. The fraction of sp³-hybridized carbons (Fsp3) is 0.0556. The number of carbonyl (C=O) groups excluding carboxylic acids is 1. The second kappa shape index (κ2) is 3.94. The first-order valence-corrected chi connectivity index (χ1v) is 6.62. The minimum Gasteiger partial charge on any atom is -0.508 e. The van der Waals surface area contributed by atoms with Crippen molar-refractivity contribution in [1.82, 2.24) is 0 Å². The van der Waals surface area contributed by atoms with Gasteiger partial charge in [-0.15, -0.1) is 0 Å². The van der Waals surface area contributed by atoms with E-state index in [0.717, 1.165) is 27.5 Å². The Morgan fingerprint density at radius 3 is 2.65 bits per heavy atom. The molecule has 1 aliphatic carbocycles. The first kappa shape index (κ1) is 11.2. The van der Waals surface area contributed by atoms with Crippen LogP contribution in [-0.4, -0.2) is 10.9 Å². The van der Waals surface area contributed by atoms with Crippen LogP contribution in [0.4, 0.5) is 0 Å². The van der Waals surface area contributed by atoms with Gasteiger partial charge in [-0.25, -0.2) is 0 Å². The van der Waals surface area contributed by atoms with E-state index in [0.29, 0.717) is 12.0 Å². The summed E-state index contributed by atoms with van der Waals surface area (Å²) in [5.74, 6) is 0.212. The van der Waals surface area contributed by atoms with Crippen LogP contribution in [0.5, 0.6) is 5.75 Å². The van der Waals surface area contributed by atoms with E-state index in [1.54, 1.807) is 18.2 Å².